The molecule has 11 heteroatoms. The van der Waals surface area contributed by atoms with Crippen LogP contribution in [0.3, 0.4) is 0 Å². The summed E-state index contributed by atoms with van der Waals surface area (Å²) in [7, 11) is 0. The van der Waals surface area contributed by atoms with Crippen LogP contribution in [0, 0.1) is 0 Å². The largest absolute Gasteiger partial charge is 0.493 e. The van der Waals surface area contributed by atoms with E-state index >= 15 is 0 Å². The summed E-state index contributed by atoms with van der Waals surface area (Å²) >= 11 is 0. The van der Waals surface area contributed by atoms with Gasteiger partial charge in [0.05, 0.1) is 12.2 Å². The highest BCUT2D eigenvalue weighted by atomic mass is 19.4. The molecule has 210 valence electrons. The van der Waals surface area contributed by atoms with Crippen LogP contribution in [0.4, 0.5) is 24.8 Å². The molecule has 0 bridgehead atoms. The average molecular weight is 555 g/mol. The maximum atomic E-state index is 14.1. The topological polar surface area (TPSA) is 105 Å². The molecule has 1 aliphatic carbocycles. The average Bonchev–Trinajstić information content (AvgIpc) is 3.36. The Morgan fingerprint density at radius 1 is 1.07 bits per heavy atom. The first-order valence-electron chi connectivity index (χ1n) is 13.2. The van der Waals surface area contributed by atoms with E-state index in [4.69, 9.17) is 4.74 Å². The number of carbonyl (C=O) groups is 2. The molecule has 2 heterocycles. The number of hydrogen-bond acceptors (Lipinski definition) is 6. The zero-order valence-corrected chi connectivity index (χ0v) is 21.7. The van der Waals surface area contributed by atoms with Gasteiger partial charge in [-0.15, -0.1) is 0 Å². The van der Waals surface area contributed by atoms with Crippen molar-refractivity contribution in [1.82, 2.24) is 15.3 Å². The summed E-state index contributed by atoms with van der Waals surface area (Å²) in [5.74, 6) is -1.94. The van der Waals surface area contributed by atoms with Crippen molar-refractivity contribution in [1.29, 1.82) is 0 Å². The zero-order valence-electron chi connectivity index (χ0n) is 21.7. The van der Waals surface area contributed by atoms with Gasteiger partial charge in [-0.05, 0) is 48.6 Å². The Hall–Kier alpha value is -4.15. The summed E-state index contributed by atoms with van der Waals surface area (Å²) in [6, 6.07) is 15.3. The van der Waals surface area contributed by atoms with Gasteiger partial charge >= 0.3 is 12.1 Å². The molecule has 1 amide bonds. The van der Waals surface area contributed by atoms with Crippen molar-refractivity contribution in [2.45, 2.75) is 56.7 Å². The number of carbonyl (C=O) groups excluding carboxylic acids is 1. The second-order valence-electron chi connectivity index (χ2n) is 10.1. The van der Waals surface area contributed by atoms with Crippen molar-refractivity contribution >= 4 is 23.5 Å². The van der Waals surface area contributed by atoms with Gasteiger partial charge in [-0.1, -0.05) is 49.6 Å². The number of aliphatic carboxylic acids is 1. The Balaban J connectivity index is 1.34. The molecule has 1 saturated carbocycles. The minimum Gasteiger partial charge on any atom is -0.493 e. The first kappa shape index (κ1) is 27.4. The highest BCUT2D eigenvalue weighted by molar-refractivity contribution is 5.98. The predicted molar refractivity (Wildman–Crippen MR) is 141 cm³/mol. The lowest BCUT2D eigenvalue weighted by Gasteiger charge is -2.34. The SMILES string of the molecule is O=C(NC1(C(=O)O)CCCCC1)c1cnc(N2CCc3cc(OCCc4ccccc4)ccc32)nc1C(F)(F)F. The number of anilines is 2. The standard InChI is InChI=1S/C29H29F3N4O4/c30-29(31,32)24-22(25(37)35-28(26(38)39)13-5-2-6-14-28)18-33-27(34-24)36-15-11-20-17-21(9-10-23(20)36)40-16-12-19-7-3-1-4-8-19/h1,3-4,7-10,17-18H,2,5-6,11-16H2,(H,35,37)(H,38,39). The monoisotopic (exact) mass is 554 g/mol. The molecule has 1 fully saturated rings. The lowest BCUT2D eigenvalue weighted by Crippen LogP contribution is -2.55. The number of nitrogens with one attached hydrogen (secondary N) is 1. The van der Waals surface area contributed by atoms with Gasteiger partial charge in [0, 0.05) is 24.8 Å². The van der Waals surface area contributed by atoms with Crippen molar-refractivity contribution in [3.8, 4) is 5.75 Å². The number of amides is 1. The number of ether oxygens (including phenoxy) is 1. The van der Waals surface area contributed by atoms with Crippen LogP contribution >= 0.6 is 0 Å². The molecule has 0 radical (unpaired) electrons. The lowest BCUT2D eigenvalue weighted by molar-refractivity contribution is -0.145. The third-order valence-electron chi connectivity index (χ3n) is 7.45. The number of alkyl halides is 3. The van der Waals surface area contributed by atoms with Crippen LogP contribution in [0.5, 0.6) is 5.75 Å². The van der Waals surface area contributed by atoms with Gasteiger partial charge in [0.2, 0.25) is 5.95 Å². The van der Waals surface area contributed by atoms with Crippen LogP contribution in [-0.2, 0) is 23.8 Å². The molecule has 0 spiro atoms. The number of carboxylic acid groups (broad SMARTS) is 1. The Morgan fingerprint density at radius 2 is 1.82 bits per heavy atom. The minimum atomic E-state index is -4.95. The Labute approximate surface area is 229 Å². The van der Waals surface area contributed by atoms with Crippen LogP contribution in [-0.4, -0.2) is 45.6 Å². The number of fused-ring (bicyclic) bond motifs is 1. The molecule has 2 aliphatic rings. The number of aromatic nitrogens is 2. The summed E-state index contributed by atoms with van der Waals surface area (Å²) in [4.78, 5) is 34.3. The predicted octanol–water partition coefficient (Wildman–Crippen LogP) is 5.33. The molecule has 2 N–H and O–H groups in total. The highest BCUT2D eigenvalue weighted by Crippen LogP contribution is 2.38. The summed E-state index contributed by atoms with van der Waals surface area (Å²) in [6.07, 6.45) is -0.608. The summed E-state index contributed by atoms with van der Waals surface area (Å²) in [5.41, 5.74) is -1.11. The van der Waals surface area contributed by atoms with E-state index in [0.29, 0.717) is 43.9 Å². The minimum absolute atomic E-state index is 0.150. The molecule has 8 nitrogen and oxygen atoms in total. The normalized spacial score (nSPS) is 16.3. The fourth-order valence-corrected chi connectivity index (χ4v) is 5.32. The molecule has 0 unspecified atom stereocenters. The molecule has 5 rings (SSSR count). The van der Waals surface area contributed by atoms with E-state index in [-0.39, 0.29) is 18.8 Å². The number of carboxylic acids is 1. The van der Waals surface area contributed by atoms with Gasteiger partial charge in [0.15, 0.2) is 5.69 Å². The third-order valence-corrected chi connectivity index (χ3v) is 7.45. The molecule has 0 atom stereocenters. The van der Waals surface area contributed by atoms with Crippen LogP contribution in [0.1, 0.15) is 59.3 Å². The fourth-order valence-electron chi connectivity index (χ4n) is 5.32. The highest BCUT2D eigenvalue weighted by Gasteiger charge is 2.44. The lowest BCUT2D eigenvalue weighted by atomic mass is 9.81. The molecular weight excluding hydrogens is 525 g/mol. The molecule has 0 saturated heterocycles. The molecule has 1 aromatic heterocycles. The number of rotatable bonds is 8. The van der Waals surface area contributed by atoms with Crippen molar-refractivity contribution in [2.75, 3.05) is 18.1 Å². The van der Waals surface area contributed by atoms with Gasteiger partial charge in [-0.2, -0.15) is 13.2 Å². The number of nitrogens with zero attached hydrogens (tertiary/aromatic N) is 3. The van der Waals surface area contributed by atoms with Crippen LogP contribution in [0.2, 0.25) is 0 Å². The molecule has 3 aromatic rings. The van der Waals surface area contributed by atoms with Crippen LogP contribution in [0.25, 0.3) is 0 Å². The quantitative estimate of drug-likeness (QED) is 0.388. The van der Waals surface area contributed by atoms with Crippen LogP contribution < -0.4 is 15.0 Å². The van der Waals surface area contributed by atoms with E-state index in [1.54, 1.807) is 17.0 Å². The zero-order chi connectivity index (χ0) is 28.3. The fraction of sp³-hybridized carbons (Fsp3) is 0.379. The molecule has 1 aliphatic heterocycles. The Bertz CT molecular complexity index is 1390. The second-order valence-corrected chi connectivity index (χ2v) is 10.1. The van der Waals surface area contributed by atoms with E-state index in [2.05, 4.69) is 15.3 Å². The van der Waals surface area contributed by atoms with Gasteiger partial charge < -0.3 is 20.1 Å². The molecule has 2 aromatic carbocycles. The van der Waals surface area contributed by atoms with Gasteiger partial charge in [-0.3, -0.25) is 4.79 Å². The Kier molecular flexibility index (Phi) is 7.64. The number of halogens is 3. The maximum absolute atomic E-state index is 14.1. The molecule has 40 heavy (non-hydrogen) atoms. The second kappa shape index (κ2) is 11.1. The van der Waals surface area contributed by atoms with Gasteiger partial charge in [-0.25, -0.2) is 14.8 Å². The van der Waals surface area contributed by atoms with Crippen molar-refractivity contribution < 1.29 is 32.6 Å². The number of benzene rings is 2. The van der Waals surface area contributed by atoms with E-state index in [9.17, 15) is 27.9 Å². The Morgan fingerprint density at radius 3 is 2.52 bits per heavy atom. The van der Waals surface area contributed by atoms with Crippen LogP contribution in [0.15, 0.2) is 54.7 Å². The first-order valence-corrected chi connectivity index (χ1v) is 13.2. The first-order chi connectivity index (χ1) is 19.2. The van der Waals surface area contributed by atoms with Crippen molar-refractivity contribution in [3.63, 3.8) is 0 Å². The van der Waals surface area contributed by atoms with Gasteiger partial charge in [0.1, 0.15) is 11.3 Å². The van der Waals surface area contributed by atoms with Crippen molar-refractivity contribution in [3.05, 3.63) is 77.1 Å². The summed E-state index contributed by atoms with van der Waals surface area (Å²) < 4.78 is 48.1. The third kappa shape index (κ3) is 5.73. The van der Waals surface area contributed by atoms with Crippen molar-refractivity contribution in [2.24, 2.45) is 0 Å². The van der Waals surface area contributed by atoms with E-state index in [1.165, 1.54) is 0 Å². The smallest absolute Gasteiger partial charge is 0.434 e. The summed E-state index contributed by atoms with van der Waals surface area (Å²) in [6.45, 7) is 0.838. The molecular formula is C29H29F3N4O4. The van der Waals surface area contributed by atoms with E-state index < -0.39 is 34.8 Å². The number of hydrogen-bond donors (Lipinski definition) is 2. The van der Waals surface area contributed by atoms with E-state index in [1.807, 2.05) is 36.4 Å². The van der Waals surface area contributed by atoms with E-state index in [0.717, 1.165) is 30.2 Å². The summed E-state index contributed by atoms with van der Waals surface area (Å²) in [5, 5.41) is 12.1. The maximum Gasteiger partial charge on any atom is 0.434 e. The van der Waals surface area contributed by atoms with Gasteiger partial charge in [0.25, 0.3) is 5.91 Å².